The van der Waals surface area contributed by atoms with Crippen molar-refractivity contribution in [2.75, 3.05) is 4.72 Å². The van der Waals surface area contributed by atoms with Gasteiger partial charge in [-0.1, -0.05) is 36.4 Å². The number of carbonyl (C=O) groups is 1. The molecule has 5 heteroatoms. The lowest BCUT2D eigenvalue weighted by Crippen LogP contribution is -2.13. The smallest absolute Gasteiger partial charge is 0.261 e. The minimum atomic E-state index is -3.71. The molecule has 1 aliphatic carbocycles. The van der Waals surface area contributed by atoms with Crippen LogP contribution in [0.1, 0.15) is 28.4 Å². The number of sulfonamides is 1. The van der Waals surface area contributed by atoms with Crippen LogP contribution in [0.5, 0.6) is 0 Å². The summed E-state index contributed by atoms with van der Waals surface area (Å²) in [7, 11) is -3.71. The van der Waals surface area contributed by atoms with E-state index in [0.29, 0.717) is 11.3 Å². The number of carbonyl (C=O) groups excluding carboxylic acids is 1. The summed E-state index contributed by atoms with van der Waals surface area (Å²) >= 11 is 0. The van der Waals surface area contributed by atoms with Gasteiger partial charge in [0.1, 0.15) is 0 Å². The molecule has 0 saturated carbocycles. The van der Waals surface area contributed by atoms with Gasteiger partial charge in [-0.2, -0.15) is 0 Å². The van der Waals surface area contributed by atoms with Gasteiger partial charge in [0.2, 0.25) is 0 Å². The Bertz CT molecular complexity index is 1090. The molecule has 0 radical (unpaired) electrons. The first-order valence-electron chi connectivity index (χ1n) is 8.13. The SMILES string of the molecule is CC(=O)c1ccc(S(=O)(=O)Nc2ccc3c4c(cccc24)CC3)cc1. The topological polar surface area (TPSA) is 63.2 Å². The lowest BCUT2D eigenvalue weighted by atomic mass is 10.0. The molecule has 0 atom stereocenters. The van der Waals surface area contributed by atoms with Gasteiger partial charge in [-0.05, 0) is 54.5 Å². The van der Waals surface area contributed by atoms with Gasteiger partial charge < -0.3 is 0 Å². The molecule has 0 heterocycles. The van der Waals surface area contributed by atoms with Crippen molar-refractivity contribution in [1.29, 1.82) is 0 Å². The van der Waals surface area contributed by atoms with E-state index in [0.717, 1.165) is 23.6 Å². The van der Waals surface area contributed by atoms with Crippen molar-refractivity contribution in [3.05, 3.63) is 71.3 Å². The number of nitrogens with one attached hydrogen (secondary N) is 1. The zero-order valence-electron chi connectivity index (χ0n) is 13.7. The van der Waals surface area contributed by atoms with Crippen molar-refractivity contribution in [1.82, 2.24) is 0 Å². The van der Waals surface area contributed by atoms with Crippen LogP contribution in [-0.4, -0.2) is 14.2 Å². The molecule has 1 N–H and O–H groups in total. The lowest BCUT2D eigenvalue weighted by molar-refractivity contribution is 0.101. The molecular formula is C20H17NO3S. The standard InChI is InChI=1S/C20H17NO3S/c1-13(22)14-7-10-17(11-8-14)25(23,24)21-19-12-9-16-6-5-15-3-2-4-18(19)20(15)16/h2-4,7-12,21H,5-6H2,1H3. The van der Waals surface area contributed by atoms with Crippen LogP contribution in [0.4, 0.5) is 5.69 Å². The van der Waals surface area contributed by atoms with Crippen LogP contribution in [-0.2, 0) is 22.9 Å². The predicted molar refractivity (Wildman–Crippen MR) is 98.6 cm³/mol. The van der Waals surface area contributed by atoms with E-state index in [2.05, 4.69) is 10.8 Å². The van der Waals surface area contributed by atoms with Crippen LogP contribution >= 0.6 is 0 Å². The van der Waals surface area contributed by atoms with Gasteiger partial charge in [-0.3, -0.25) is 9.52 Å². The fraction of sp³-hybridized carbons (Fsp3) is 0.150. The second-order valence-electron chi connectivity index (χ2n) is 6.30. The van der Waals surface area contributed by atoms with Crippen LogP contribution in [0.3, 0.4) is 0 Å². The Balaban J connectivity index is 1.75. The summed E-state index contributed by atoms with van der Waals surface area (Å²) in [5.74, 6) is -0.0931. The molecule has 126 valence electrons. The third kappa shape index (κ3) is 2.70. The zero-order valence-corrected chi connectivity index (χ0v) is 14.6. The molecule has 0 unspecified atom stereocenters. The van der Waals surface area contributed by atoms with Gasteiger partial charge in [0, 0.05) is 10.9 Å². The van der Waals surface area contributed by atoms with Crippen molar-refractivity contribution >= 4 is 32.3 Å². The van der Waals surface area contributed by atoms with E-state index in [4.69, 9.17) is 0 Å². The van der Waals surface area contributed by atoms with E-state index < -0.39 is 10.0 Å². The highest BCUT2D eigenvalue weighted by Gasteiger charge is 2.19. The monoisotopic (exact) mass is 351 g/mol. The van der Waals surface area contributed by atoms with Crippen molar-refractivity contribution in [2.24, 2.45) is 0 Å². The number of anilines is 1. The van der Waals surface area contributed by atoms with Gasteiger partial charge >= 0.3 is 0 Å². The molecule has 0 fully saturated rings. The summed E-state index contributed by atoms with van der Waals surface area (Å²) in [6.07, 6.45) is 1.99. The number of hydrogen-bond acceptors (Lipinski definition) is 3. The van der Waals surface area contributed by atoms with Crippen molar-refractivity contribution in [3.8, 4) is 0 Å². The summed E-state index contributed by atoms with van der Waals surface area (Å²) in [6, 6.07) is 15.8. The summed E-state index contributed by atoms with van der Waals surface area (Å²) in [5.41, 5.74) is 3.60. The molecule has 25 heavy (non-hydrogen) atoms. The lowest BCUT2D eigenvalue weighted by Gasteiger charge is -2.12. The zero-order chi connectivity index (χ0) is 17.6. The average molecular weight is 351 g/mol. The quantitative estimate of drug-likeness (QED) is 0.724. The van der Waals surface area contributed by atoms with Crippen LogP contribution in [0, 0.1) is 0 Å². The number of hydrogen-bond donors (Lipinski definition) is 1. The fourth-order valence-electron chi connectivity index (χ4n) is 3.41. The molecule has 0 amide bonds. The van der Waals surface area contributed by atoms with Crippen molar-refractivity contribution < 1.29 is 13.2 Å². The van der Waals surface area contributed by atoms with E-state index in [9.17, 15) is 13.2 Å². The van der Waals surface area contributed by atoms with Crippen LogP contribution < -0.4 is 4.72 Å². The Labute approximate surface area is 146 Å². The maximum absolute atomic E-state index is 12.7. The van der Waals surface area contributed by atoms with E-state index in [1.165, 1.54) is 42.3 Å². The first-order chi connectivity index (χ1) is 12.0. The number of aryl methyl sites for hydroxylation is 2. The van der Waals surface area contributed by atoms with Gasteiger partial charge in [0.05, 0.1) is 10.6 Å². The largest absolute Gasteiger partial charge is 0.295 e. The summed E-state index contributed by atoms with van der Waals surface area (Å²) < 4.78 is 28.1. The molecular weight excluding hydrogens is 334 g/mol. The van der Waals surface area contributed by atoms with Crippen molar-refractivity contribution in [3.63, 3.8) is 0 Å². The normalized spacial score (nSPS) is 13.2. The molecule has 3 aromatic rings. The second-order valence-corrected chi connectivity index (χ2v) is 7.98. The predicted octanol–water partition coefficient (Wildman–Crippen LogP) is 3.94. The maximum Gasteiger partial charge on any atom is 0.261 e. The van der Waals surface area contributed by atoms with Crippen LogP contribution in [0.25, 0.3) is 10.8 Å². The highest BCUT2D eigenvalue weighted by atomic mass is 32.2. The number of rotatable bonds is 4. The number of Topliss-reactive ketones (excluding diaryl/α,β-unsaturated/α-hetero) is 1. The molecule has 3 aromatic carbocycles. The van der Waals surface area contributed by atoms with Gasteiger partial charge in [0.15, 0.2) is 5.78 Å². The third-order valence-corrected chi connectivity index (χ3v) is 6.07. The Morgan fingerprint density at radius 3 is 2.28 bits per heavy atom. The summed E-state index contributed by atoms with van der Waals surface area (Å²) in [4.78, 5) is 11.5. The molecule has 0 spiro atoms. The highest BCUT2D eigenvalue weighted by Crippen LogP contribution is 2.35. The molecule has 0 aliphatic heterocycles. The molecule has 4 rings (SSSR count). The first kappa shape index (κ1) is 15.8. The first-order valence-corrected chi connectivity index (χ1v) is 9.61. The van der Waals surface area contributed by atoms with E-state index in [1.807, 2.05) is 24.3 Å². The Morgan fingerprint density at radius 1 is 0.920 bits per heavy atom. The Hall–Kier alpha value is -2.66. The molecule has 4 nitrogen and oxygen atoms in total. The van der Waals surface area contributed by atoms with Gasteiger partial charge in [0.25, 0.3) is 10.0 Å². The minimum Gasteiger partial charge on any atom is -0.295 e. The van der Waals surface area contributed by atoms with Crippen LogP contribution in [0.2, 0.25) is 0 Å². The molecule has 1 aliphatic rings. The average Bonchev–Trinajstić information content (AvgIpc) is 3.02. The number of benzene rings is 3. The van der Waals surface area contributed by atoms with E-state index in [1.54, 1.807) is 0 Å². The van der Waals surface area contributed by atoms with Gasteiger partial charge in [-0.15, -0.1) is 0 Å². The summed E-state index contributed by atoms with van der Waals surface area (Å²) in [6.45, 7) is 1.45. The van der Waals surface area contributed by atoms with Gasteiger partial charge in [-0.25, -0.2) is 8.42 Å². The molecule has 0 aromatic heterocycles. The second kappa shape index (κ2) is 5.70. The van der Waals surface area contributed by atoms with E-state index in [-0.39, 0.29) is 10.7 Å². The van der Waals surface area contributed by atoms with Crippen LogP contribution in [0.15, 0.2) is 59.5 Å². The van der Waals surface area contributed by atoms with E-state index >= 15 is 0 Å². The number of ketones is 1. The third-order valence-electron chi connectivity index (χ3n) is 4.69. The minimum absolute atomic E-state index is 0.0931. The Kier molecular flexibility index (Phi) is 3.62. The van der Waals surface area contributed by atoms with Crippen molar-refractivity contribution in [2.45, 2.75) is 24.7 Å². The molecule has 0 saturated heterocycles. The molecule has 0 bridgehead atoms. The Morgan fingerprint density at radius 2 is 1.60 bits per heavy atom. The summed E-state index contributed by atoms with van der Waals surface area (Å²) in [5, 5.41) is 2.09. The fourth-order valence-corrected chi connectivity index (χ4v) is 4.49. The maximum atomic E-state index is 12.7. The highest BCUT2D eigenvalue weighted by molar-refractivity contribution is 7.92.